The lowest BCUT2D eigenvalue weighted by Gasteiger charge is -2.64. The highest BCUT2D eigenvalue weighted by Gasteiger charge is 2.73. The fraction of sp³-hybridized carbons (Fsp3) is 0.464. The summed E-state index contributed by atoms with van der Waals surface area (Å²) >= 11 is 0. The Bertz CT molecular complexity index is 1210. The molecule has 2 aromatic carbocycles. The van der Waals surface area contributed by atoms with E-state index in [0.29, 0.717) is 18.6 Å². The zero-order valence-corrected chi connectivity index (χ0v) is 20.0. The Morgan fingerprint density at radius 1 is 1.26 bits per heavy atom. The number of likely N-dealkylation sites (N-methyl/N-ethyl adjacent to an activating group) is 2. The molecule has 2 bridgehead atoms. The van der Waals surface area contributed by atoms with Crippen LogP contribution in [-0.2, 0) is 16.6 Å². The van der Waals surface area contributed by atoms with E-state index in [0.717, 1.165) is 41.6 Å². The van der Waals surface area contributed by atoms with Crippen LogP contribution in [0.15, 0.2) is 42.5 Å². The lowest BCUT2D eigenvalue weighted by molar-refractivity contribution is -0.195. The minimum absolute atomic E-state index is 0.00137. The van der Waals surface area contributed by atoms with Crippen LogP contribution in [0.5, 0.6) is 11.5 Å². The van der Waals surface area contributed by atoms with E-state index in [2.05, 4.69) is 11.9 Å². The number of amides is 1. The van der Waals surface area contributed by atoms with Crippen molar-refractivity contribution in [3.8, 4) is 11.5 Å². The van der Waals surface area contributed by atoms with E-state index in [-0.39, 0.29) is 23.7 Å². The number of nitrogens with zero attached hydrogens (tertiary/aromatic N) is 2. The standard InChI is InChI=1S/C28H32N2O4/c1-17-5-4-6-18(15-17)7-10-23(32)30(3)20-11-12-28(33)22-16-19-8-9-21(31)25-24(19)27(28,26(20)34-25)13-14-29(22)2/h4-10,15,20,22,26,31,33H,11-14,16H2,1-3H3/t20-,22+,26-,27-,28+/m0/s1. The molecule has 6 heteroatoms. The van der Waals surface area contributed by atoms with Crippen LogP contribution in [0.4, 0.5) is 0 Å². The van der Waals surface area contributed by atoms with Crippen LogP contribution in [0.25, 0.3) is 6.08 Å². The number of benzene rings is 2. The van der Waals surface area contributed by atoms with E-state index in [1.54, 1.807) is 17.0 Å². The predicted molar refractivity (Wildman–Crippen MR) is 130 cm³/mol. The molecule has 0 aromatic heterocycles. The second-order valence-electron chi connectivity index (χ2n) is 10.6. The molecule has 2 aliphatic heterocycles. The molecule has 1 amide bonds. The van der Waals surface area contributed by atoms with Gasteiger partial charge in [-0.1, -0.05) is 35.9 Å². The van der Waals surface area contributed by atoms with Crippen molar-refractivity contribution in [1.82, 2.24) is 9.80 Å². The quantitative estimate of drug-likeness (QED) is 0.689. The third-order valence-corrected chi connectivity index (χ3v) is 9.00. The highest BCUT2D eigenvalue weighted by atomic mass is 16.5. The van der Waals surface area contributed by atoms with Gasteiger partial charge in [-0.05, 0) is 69.5 Å². The summed E-state index contributed by atoms with van der Waals surface area (Å²) in [6, 6.07) is 11.5. The number of piperidine rings is 1. The van der Waals surface area contributed by atoms with E-state index < -0.39 is 17.1 Å². The maximum Gasteiger partial charge on any atom is 0.246 e. The second-order valence-corrected chi connectivity index (χ2v) is 10.6. The van der Waals surface area contributed by atoms with E-state index in [9.17, 15) is 15.0 Å². The molecule has 5 atom stereocenters. The SMILES string of the molecule is Cc1cccc(C=CC(=O)N(C)[C@H]2CC[C@@]3(O)[C@H]4Cc5ccc(O)c6c5[C@@]3(CCN4C)[C@H]2O6)c1. The number of carbonyl (C=O) groups is 1. The minimum Gasteiger partial charge on any atom is -0.504 e. The first-order chi connectivity index (χ1) is 16.3. The summed E-state index contributed by atoms with van der Waals surface area (Å²) in [4.78, 5) is 17.3. The van der Waals surface area contributed by atoms with Gasteiger partial charge >= 0.3 is 0 Å². The average molecular weight is 461 g/mol. The van der Waals surface area contributed by atoms with E-state index in [4.69, 9.17) is 4.74 Å². The van der Waals surface area contributed by atoms with Gasteiger partial charge < -0.3 is 24.7 Å². The van der Waals surface area contributed by atoms with Crippen molar-refractivity contribution in [3.05, 3.63) is 64.7 Å². The van der Waals surface area contributed by atoms with E-state index >= 15 is 0 Å². The van der Waals surface area contributed by atoms with E-state index in [1.807, 2.05) is 50.4 Å². The fourth-order valence-electron chi connectivity index (χ4n) is 7.35. The summed E-state index contributed by atoms with van der Waals surface area (Å²) in [6.07, 6.45) is 5.80. The molecule has 6 nitrogen and oxygen atoms in total. The summed E-state index contributed by atoms with van der Waals surface area (Å²) in [5, 5.41) is 23.0. The Morgan fingerprint density at radius 3 is 2.88 bits per heavy atom. The molecule has 2 aliphatic carbocycles. The molecule has 4 aliphatic rings. The van der Waals surface area contributed by atoms with Gasteiger partial charge in [0.05, 0.1) is 17.1 Å². The van der Waals surface area contributed by atoms with Gasteiger partial charge in [-0.3, -0.25) is 4.79 Å². The first-order valence-electron chi connectivity index (χ1n) is 12.2. The zero-order chi connectivity index (χ0) is 23.8. The van der Waals surface area contributed by atoms with Gasteiger partial charge in [0, 0.05) is 24.7 Å². The maximum atomic E-state index is 13.3. The van der Waals surface area contributed by atoms with Gasteiger partial charge in [-0.15, -0.1) is 0 Å². The largest absolute Gasteiger partial charge is 0.504 e. The number of phenols is 1. The summed E-state index contributed by atoms with van der Waals surface area (Å²) in [5.74, 6) is 0.541. The van der Waals surface area contributed by atoms with Crippen molar-refractivity contribution in [2.45, 2.75) is 61.8 Å². The third-order valence-electron chi connectivity index (χ3n) is 9.00. The van der Waals surface area contributed by atoms with Gasteiger partial charge in [0.2, 0.25) is 5.91 Å². The summed E-state index contributed by atoms with van der Waals surface area (Å²) in [7, 11) is 3.92. The Hall–Kier alpha value is -2.83. The molecule has 2 heterocycles. The van der Waals surface area contributed by atoms with Crippen molar-refractivity contribution in [1.29, 1.82) is 0 Å². The maximum absolute atomic E-state index is 13.3. The number of phenolic OH excluding ortho intramolecular Hbond substituents is 1. The van der Waals surface area contributed by atoms with Gasteiger partial charge in [-0.25, -0.2) is 0 Å². The summed E-state index contributed by atoms with van der Waals surface area (Å²) in [6.45, 7) is 2.88. The lowest BCUT2D eigenvalue weighted by atomic mass is 9.48. The number of hydrogen-bond donors (Lipinski definition) is 2. The van der Waals surface area contributed by atoms with Crippen LogP contribution in [0.1, 0.15) is 41.5 Å². The Labute approximate surface area is 200 Å². The van der Waals surface area contributed by atoms with Crippen LogP contribution in [0, 0.1) is 6.92 Å². The summed E-state index contributed by atoms with van der Waals surface area (Å²) < 4.78 is 6.53. The topological polar surface area (TPSA) is 73.2 Å². The second kappa shape index (κ2) is 7.33. The third kappa shape index (κ3) is 2.72. The number of ether oxygens (including phenoxy) is 1. The smallest absolute Gasteiger partial charge is 0.246 e. The summed E-state index contributed by atoms with van der Waals surface area (Å²) in [5.41, 5.74) is 2.69. The Morgan fingerprint density at radius 2 is 2.09 bits per heavy atom. The highest BCUT2D eigenvalue weighted by molar-refractivity contribution is 5.92. The Balaban J connectivity index is 1.38. The molecular weight excluding hydrogens is 428 g/mol. The van der Waals surface area contributed by atoms with Crippen LogP contribution in [0.2, 0.25) is 0 Å². The lowest BCUT2D eigenvalue weighted by Crippen LogP contribution is -2.77. The van der Waals surface area contributed by atoms with Gasteiger partial charge in [-0.2, -0.15) is 0 Å². The van der Waals surface area contributed by atoms with Gasteiger partial charge in [0.25, 0.3) is 0 Å². The van der Waals surface area contributed by atoms with Crippen molar-refractivity contribution < 1.29 is 19.7 Å². The number of aliphatic hydroxyl groups is 1. The van der Waals surface area contributed by atoms with Crippen molar-refractivity contribution >= 4 is 12.0 Å². The zero-order valence-electron chi connectivity index (χ0n) is 20.0. The molecule has 2 fully saturated rings. The minimum atomic E-state index is -0.950. The molecule has 0 unspecified atom stereocenters. The van der Waals surface area contributed by atoms with Crippen molar-refractivity contribution in [2.24, 2.45) is 0 Å². The molecule has 0 radical (unpaired) electrons. The first-order valence-corrected chi connectivity index (χ1v) is 12.2. The van der Waals surface area contributed by atoms with Crippen LogP contribution >= 0.6 is 0 Å². The first kappa shape index (κ1) is 21.7. The molecule has 2 aromatic rings. The Kier molecular flexibility index (Phi) is 4.68. The molecule has 34 heavy (non-hydrogen) atoms. The van der Waals surface area contributed by atoms with Crippen molar-refractivity contribution in [2.75, 3.05) is 20.6 Å². The number of likely N-dealkylation sites (tertiary alicyclic amines) is 1. The highest BCUT2D eigenvalue weighted by Crippen LogP contribution is 2.65. The van der Waals surface area contributed by atoms with Crippen LogP contribution in [-0.4, -0.2) is 70.3 Å². The predicted octanol–water partition coefficient (Wildman–Crippen LogP) is 3.02. The van der Waals surface area contributed by atoms with Gasteiger partial charge in [0.1, 0.15) is 6.10 Å². The van der Waals surface area contributed by atoms with E-state index in [1.165, 1.54) is 0 Å². The normalized spacial score (nSPS) is 33.5. The number of aromatic hydroxyl groups is 1. The number of carbonyl (C=O) groups excluding carboxylic acids is 1. The van der Waals surface area contributed by atoms with Crippen molar-refractivity contribution in [3.63, 3.8) is 0 Å². The monoisotopic (exact) mass is 460 g/mol. The van der Waals surface area contributed by atoms with Gasteiger partial charge in [0.15, 0.2) is 11.5 Å². The van der Waals surface area contributed by atoms with Crippen LogP contribution in [0.3, 0.4) is 0 Å². The number of hydrogen-bond acceptors (Lipinski definition) is 5. The molecule has 6 rings (SSSR count). The molecular formula is C28H32N2O4. The molecule has 1 saturated heterocycles. The molecule has 1 spiro atoms. The number of rotatable bonds is 3. The van der Waals surface area contributed by atoms with Crippen LogP contribution < -0.4 is 4.74 Å². The molecule has 1 saturated carbocycles. The average Bonchev–Trinajstić information content (AvgIpc) is 3.17. The number of aryl methyl sites for hydroxylation is 1. The fourth-order valence-corrected chi connectivity index (χ4v) is 7.35. The molecule has 178 valence electrons. The molecule has 2 N–H and O–H groups in total.